The second kappa shape index (κ2) is 6.08. The fourth-order valence-corrected chi connectivity index (χ4v) is 7.25. The molecular formula is C21H33N3O2. The summed E-state index contributed by atoms with van der Waals surface area (Å²) in [7, 11) is 3.75. The predicted molar refractivity (Wildman–Crippen MR) is 101 cm³/mol. The average Bonchev–Trinajstić information content (AvgIpc) is 2.96. The minimum Gasteiger partial charge on any atom is -0.342 e. The summed E-state index contributed by atoms with van der Waals surface area (Å²) in [5.74, 6) is 2.28. The van der Waals surface area contributed by atoms with Crippen LogP contribution in [0.4, 0.5) is 0 Å². The van der Waals surface area contributed by atoms with Crippen molar-refractivity contribution in [2.24, 2.45) is 28.6 Å². The topological polar surface area (TPSA) is 61.4 Å². The molecule has 0 spiro atoms. The smallest absolute Gasteiger partial charge is 0.261 e. The molecule has 2 amide bonds. The monoisotopic (exact) mass is 359 g/mol. The van der Waals surface area contributed by atoms with E-state index in [1.165, 1.54) is 12.8 Å². The molecular weight excluding hydrogens is 326 g/mol. The van der Waals surface area contributed by atoms with Gasteiger partial charge >= 0.3 is 0 Å². The lowest BCUT2D eigenvalue weighted by molar-refractivity contribution is -0.156. The number of hydrogen-bond acceptors (Lipinski definition) is 3. The molecule has 1 heterocycles. The van der Waals surface area contributed by atoms with Crippen LogP contribution in [-0.2, 0) is 9.59 Å². The number of carbonyl (C=O) groups excluding carboxylic acids is 2. The Morgan fingerprint density at radius 2 is 1.96 bits per heavy atom. The molecule has 26 heavy (non-hydrogen) atoms. The van der Waals surface area contributed by atoms with E-state index in [1.807, 2.05) is 11.9 Å². The maximum absolute atomic E-state index is 12.5. The van der Waals surface area contributed by atoms with Crippen molar-refractivity contribution in [1.29, 1.82) is 0 Å². The number of fused-ring (bicyclic) bond motifs is 5. The van der Waals surface area contributed by atoms with Gasteiger partial charge in [0.15, 0.2) is 0 Å². The molecule has 144 valence electrons. The van der Waals surface area contributed by atoms with E-state index in [1.54, 1.807) is 7.05 Å². The van der Waals surface area contributed by atoms with Crippen LogP contribution < -0.4 is 10.9 Å². The Bertz CT molecular complexity index is 660. The van der Waals surface area contributed by atoms with Gasteiger partial charge in [-0.1, -0.05) is 19.9 Å². The number of allylic oxidation sites excluding steroid dienone is 1. The lowest BCUT2D eigenvalue weighted by Crippen LogP contribution is -2.61. The summed E-state index contributed by atoms with van der Waals surface area (Å²) in [6, 6.07) is 0.399. The van der Waals surface area contributed by atoms with E-state index in [2.05, 4.69) is 30.8 Å². The molecule has 0 aromatic rings. The van der Waals surface area contributed by atoms with E-state index in [0.29, 0.717) is 36.1 Å². The van der Waals surface area contributed by atoms with Crippen LogP contribution in [0.3, 0.4) is 0 Å². The van der Waals surface area contributed by atoms with Crippen molar-refractivity contribution >= 4 is 11.8 Å². The first-order valence-electron chi connectivity index (χ1n) is 10.3. The van der Waals surface area contributed by atoms with Crippen LogP contribution in [-0.4, -0.2) is 36.9 Å². The van der Waals surface area contributed by atoms with Gasteiger partial charge < -0.3 is 4.90 Å². The van der Waals surface area contributed by atoms with Crippen LogP contribution in [0.1, 0.15) is 58.8 Å². The number of hydrazine groups is 1. The summed E-state index contributed by atoms with van der Waals surface area (Å²) in [5, 5.41) is 0. The molecule has 4 aliphatic rings. The number of amides is 2. The molecule has 3 aliphatic carbocycles. The highest BCUT2D eigenvalue weighted by molar-refractivity contribution is 5.95. The van der Waals surface area contributed by atoms with Crippen LogP contribution in [0, 0.1) is 28.6 Å². The van der Waals surface area contributed by atoms with E-state index in [4.69, 9.17) is 0 Å². The Morgan fingerprint density at radius 1 is 1.19 bits per heavy atom. The van der Waals surface area contributed by atoms with Crippen molar-refractivity contribution < 1.29 is 9.59 Å². The first-order chi connectivity index (χ1) is 12.3. The highest BCUT2D eigenvalue weighted by atomic mass is 16.2. The molecule has 0 bridgehead atoms. The van der Waals surface area contributed by atoms with Gasteiger partial charge in [0.2, 0.25) is 5.91 Å². The van der Waals surface area contributed by atoms with Crippen molar-refractivity contribution in [2.45, 2.75) is 64.8 Å². The van der Waals surface area contributed by atoms with Gasteiger partial charge in [-0.25, -0.2) is 5.43 Å². The largest absolute Gasteiger partial charge is 0.342 e. The molecule has 0 aromatic heterocycles. The summed E-state index contributed by atoms with van der Waals surface area (Å²) in [6.45, 7) is 4.75. The third kappa shape index (κ3) is 2.32. The van der Waals surface area contributed by atoms with Crippen LogP contribution >= 0.6 is 0 Å². The molecule has 3 fully saturated rings. The first kappa shape index (κ1) is 18.0. The molecule has 2 N–H and O–H groups in total. The quantitative estimate of drug-likeness (QED) is 0.745. The minimum atomic E-state index is 0.00167. The average molecular weight is 360 g/mol. The van der Waals surface area contributed by atoms with Crippen molar-refractivity contribution in [3.63, 3.8) is 0 Å². The van der Waals surface area contributed by atoms with Gasteiger partial charge in [-0.2, -0.15) is 0 Å². The maximum atomic E-state index is 12.5. The Morgan fingerprint density at radius 3 is 2.69 bits per heavy atom. The molecule has 1 aliphatic heterocycles. The molecule has 2 saturated carbocycles. The summed E-state index contributed by atoms with van der Waals surface area (Å²) in [5.41, 5.74) is 6.79. The van der Waals surface area contributed by atoms with Gasteiger partial charge in [0.1, 0.15) is 0 Å². The third-order valence-corrected chi connectivity index (χ3v) is 8.62. The number of likely N-dealkylation sites (tertiary alicyclic amines) is 1. The molecule has 1 unspecified atom stereocenters. The zero-order valence-corrected chi connectivity index (χ0v) is 16.6. The molecule has 4 rings (SSSR count). The maximum Gasteiger partial charge on any atom is 0.261 e. The standard InChI is InChI=1S/C21H33N3O2/c1-20-11-9-15-13(14(20)6-7-16(20)19(26)23-22-3)5-8-17-21(15,2)12-10-18(25)24(17)4/h7,13-15,17,22H,5-6,8-12H2,1-4H3,(H,23,26)/t13-,14-,15-,17?,20-,21+/m0/s1. The SMILES string of the molecule is CNNC(=O)C1=CC[C@H]2[C@@H]3CCC4N(C)C(=O)CC[C@]4(C)[C@H]3CC[C@]12C. The lowest BCUT2D eigenvalue weighted by atomic mass is 9.47. The lowest BCUT2D eigenvalue weighted by Gasteiger charge is -2.61. The summed E-state index contributed by atoms with van der Waals surface area (Å²) < 4.78 is 0. The van der Waals surface area contributed by atoms with Crippen molar-refractivity contribution in [3.8, 4) is 0 Å². The van der Waals surface area contributed by atoms with Crippen LogP contribution in [0.15, 0.2) is 11.6 Å². The summed E-state index contributed by atoms with van der Waals surface area (Å²) in [6.07, 6.45) is 9.53. The van der Waals surface area contributed by atoms with Gasteiger partial charge in [-0.3, -0.25) is 15.0 Å². The van der Waals surface area contributed by atoms with E-state index in [-0.39, 0.29) is 16.7 Å². The van der Waals surface area contributed by atoms with Crippen molar-refractivity contribution in [3.05, 3.63) is 11.6 Å². The minimum absolute atomic E-state index is 0.00167. The van der Waals surface area contributed by atoms with Gasteiger partial charge in [0, 0.05) is 37.5 Å². The molecule has 0 radical (unpaired) electrons. The number of nitrogens with zero attached hydrogens (tertiary/aromatic N) is 1. The summed E-state index contributed by atoms with van der Waals surface area (Å²) >= 11 is 0. The number of hydrogen-bond donors (Lipinski definition) is 2. The normalized spacial score (nSPS) is 44.7. The molecule has 6 atom stereocenters. The molecule has 5 heteroatoms. The van der Waals surface area contributed by atoms with E-state index >= 15 is 0 Å². The predicted octanol–water partition coefficient (Wildman–Crippen LogP) is 2.64. The highest BCUT2D eigenvalue weighted by Gasteiger charge is 2.60. The number of carbonyl (C=O) groups is 2. The van der Waals surface area contributed by atoms with E-state index in [9.17, 15) is 9.59 Å². The van der Waals surface area contributed by atoms with E-state index in [0.717, 1.165) is 31.3 Å². The second-order valence-corrected chi connectivity index (χ2v) is 9.49. The first-order valence-corrected chi connectivity index (χ1v) is 10.3. The Hall–Kier alpha value is -1.36. The van der Waals surface area contributed by atoms with Crippen LogP contribution in [0.25, 0.3) is 0 Å². The van der Waals surface area contributed by atoms with Gasteiger partial charge in [-0.15, -0.1) is 0 Å². The molecule has 1 saturated heterocycles. The fraction of sp³-hybridized carbons (Fsp3) is 0.810. The second-order valence-electron chi connectivity index (χ2n) is 9.49. The zero-order chi connectivity index (χ0) is 18.7. The van der Waals surface area contributed by atoms with Gasteiger partial charge in [0.05, 0.1) is 0 Å². The Balaban J connectivity index is 1.60. The zero-order valence-electron chi connectivity index (χ0n) is 16.6. The number of rotatable bonds is 2. The third-order valence-electron chi connectivity index (χ3n) is 8.62. The summed E-state index contributed by atoms with van der Waals surface area (Å²) in [4.78, 5) is 26.8. The van der Waals surface area contributed by atoms with Crippen LogP contribution in [0.5, 0.6) is 0 Å². The highest BCUT2D eigenvalue weighted by Crippen LogP contribution is 2.64. The number of nitrogens with one attached hydrogen (secondary N) is 2. The molecule has 0 aromatic carbocycles. The molecule has 5 nitrogen and oxygen atoms in total. The van der Waals surface area contributed by atoms with Gasteiger partial charge in [-0.05, 0) is 61.7 Å². The van der Waals surface area contributed by atoms with E-state index < -0.39 is 0 Å². The van der Waals surface area contributed by atoms with Crippen LogP contribution in [0.2, 0.25) is 0 Å². The van der Waals surface area contributed by atoms with Gasteiger partial charge in [0.25, 0.3) is 5.91 Å². The Kier molecular flexibility index (Phi) is 4.22. The number of piperidine rings is 1. The fourth-order valence-electron chi connectivity index (χ4n) is 7.25. The Labute approximate surface area is 156 Å². The van der Waals surface area contributed by atoms with Crippen molar-refractivity contribution in [2.75, 3.05) is 14.1 Å². The van der Waals surface area contributed by atoms with Crippen molar-refractivity contribution in [1.82, 2.24) is 15.8 Å².